The van der Waals surface area contributed by atoms with Crippen LogP contribution in [0.5, 0.6) is 0 Å². The van der Waals surface area contributed by atoms with Gasteiger partial charge in [0, 0.05) is 37.1 Å². The lowest BCUT2D eigenvalue weighted by atomic mass is 10.1. The Morgan fingerprint density at radius 2 is 1.61 bits per heavy atom. The Kier molecular flexibility index (Phi) is 5.34. The second-order valence-corrected chi connectivity index (χ2v) is 8.89. The molecule has 0 unspecified atom stereocenters. The van der Waals surface area contributed by atoms with E-state index in [9.17, 15) is 8.42 Å². The zero-order chi connectivity index (χ0) is 19.4. The second-order valence-electron chi connectivity index (χ2n) is 6.90. The number of pyridine rings is 1. The highest BCUT2D eigenvalue weighted by atomic mass is 32.2. The third kappa shape index (κ3) is 4.20. The second kappa shape index (κ2) is 8.06. The largest absolute Gasteiger partial charge is 0.356 e. The third-order valence-corrected chi connectivity index (χ3v) is 6.49. The topological polar surface area (TPSA) is 76.1 Å². The summed E-state index contributed by atoms with van der Waals surface area (Å²) < 4.78 is 25.7. The molecule has 1 fully saturated rings. The van der Waals surface area contributed by atoms with Gasteiger partial charge >= 0.3 is 0 Å². The predicted molar refractivity (Wildman–Crippen MR) is 109 cm³/mol. The highest BCUT2D eigenvalue weighted by Crippen LogP contribution is 2.24. The van der Waals surface area contributed by atoms with Crippen molar-refractivity contribution in [1.82, 2.24) is 15.0 Å². The third-order valence-electron chi connectivity index (χ3n) is 4.82. The molecule has 144 valence electrons. The first-order chi connectivity index (χ1) is 13.6. The van der Waals surface area contributed by atoms with Crippen LogP contribution in [0.1, 0.15) is 25.0 Å². The summed E-state index contributed by atoms with van der Waals surface area (Å²) in [5, 5.41) is 0. The minimum atomic E-state index is -3.48. The summed E-state index contributed by atoms with van der Waals surface area (Å²) in [4.78, 5) is 15.9. The van der Waals surface area contributed by atoms with Crippen LogP contribution in [0.3, 0.4) is 0 Å². The number of nitrogens with zero attached hydrogens (tertiary/aromatic N) is 4. The maximum Gasteiger partial charge on any atom is 0.184 e. The molecule has 1 saturated heterocycles. The molecule has 0 bridgehead atoms. The van der Waals surface area contributed by atoms with Gasteiger partial charge in [-0.05, 0) is 43.5 Å². The molecule has 1 aromatic carbocycles. The van der Waals surface area contributed by atoms with Crippen molar-refractivity contribution in [1.29, 1.82) is 0 Å². The van der Waals surface area contributed by atoms with E-state index in [0.29, 0.717) is 16.4 Å². The maximum absolute atomic E-state index is 12.9. The Balaban J connectivity index is 1.73. The standard InChI is InChI=1S/C21H22N4O2S/c26-28(27,19-7-3-1-4-8-19)16-18-15-20(25-13-5-2-6-14-25)24-21(23-18)17-9-11-22-12-10-17/h1,3-4,7-12,15H,2,5-6,13-14,16H2. The van der Waals surface area contributed by atoms with Gasteiger partial charge in [-0.2, -0.15) is 0 Å². The SMILES string of the molecule is O=S(=O)(Cc1cc(N2CCCCC2)nc(-c2ccncc2)n1)c1ccccc1. The van der Waals surface area contributed by atoms with Gasteiger partial charge in [-0.1, -0.05) is 18.2 Å². The van der Waals surface area contributed by atoms with Gasteiger partial charge in [-0.15, -0.1) is 0 Å². The highest BCUT2D eigenvalue weighted by molar-refractivity contribution is 7.90. The van der Waals surface area contributed by atoms with Gasteiger partial charge in [0.25, 0.3) is 0 Å². The molecular formula is C21H22N4O2S. The summed E-state index contributed by atoms with van der Waals surface area (Å²) in [6.45, 7) is 1.86. The van der Waals surface area contributed by atoms with Gasteiger partial charge in [0.1, 0.15) is 5.82 Å². The van der Waals surface area contributed by atoms with Gasteiger partial charge < -0.3 is 4.90 Å². The van der Waals surface area contributed by atoms with Crippen molar-refractivity contribution < 1.29 is 8.42 Å². The van der Waals surface area contributed by atoms with Crippen molar-refractivity contribution in [2.45, 2.75) is 29.9 Å². The van der Waals surface area contributed by atoms with E-state index in [2.05, 4.69) is 14.9 Å². The lowest BCUT2D eigenvalue weighted by Crippen LogP contribution is -2.30. The van der Waals surface area contributed by atoms with E-state index in [0.717, 1.165) is 37.3 Å². The molecule has 0 N–H and O–H groups in total. The lowest BCUT2D eigenvalue weighted by molar-refractivity contribution is 0.572. The van der Waals surface area contributed by atoms with E-state index in [1.165, 1.54) is 6.42 Å². The number of anilines is 1. The van der Waals surface area contributed by atoms with Crippen molar-refractivity contribution in [2.24, 2.45) is 0 Å². The summed E-state index contributed by atoms with van der Waals surface area (Å²) in [6.07, 6.45) is 6.83. The number of sulfone groups is 1. The van der Waals surface area contributed by atoms with Gasteiger partial charge in [0.05, 0.1) is 16.3 Å². The van der Waals surface area contributed by atoms with Gasteiger partial charge in [-0.3, -0.25) is 4.98 Å². The Morgan fingerprint density at radius 3 is 2.32 bits per heavy atom. The Labute approximate surface area is 165 Å². The zero-order valence-corrected chi connectivity index (χ0v) is 16.3. The van der Waals surface area contributed by atoms with Crippen LogP contribution >= 0.6 is 0 Å². The van der Waals surface area contributed by atoms with E-state index < -0.39 is 9.84 Å². The number of hydrogen-bond donors (Lipinski definition) is 0. The Morgan fingerprint density at radius 1 is 0.893 bits per heavy atom. The first kappa shape index (κ1) is 18.6. The minimum absolute atomic E-state index is 0.154. The molecule has 0 aliphatic carbocycles. The molecule has 3 aromatic rings. The first-order valence-corrected chi connectivity index (χ1v) is 11.1. The molecule has 6 nitrogen and oxygen atoms in total. The number of rotatable bonds is 5. The monoisotopic (exact) mass is 394 g/mol. The fourth-order valence-electron chi connectivity index (χ4n) is 3.38. The summed E-state index contributed by atoms with van der Waals surface area (Å²) >= 11 is 0. The van der Waals surface area contributed by atoms with E-state index in [1.807, 2.05) is 18.2 Å². The van der Waals surface area contributed by atoms with Crippen LogP contribution in [-0.2, 0) is 15.6 Å². The summed E-state index contributed by atoms with van der Waals surface area (Å²) in [5.41, 5.74) is 1.33. The molecule has 0 saturated carbocycles. The van der Waals surface area contributed by atoms with Crippen LogP contribution < -0.4 is 4.90 Å². The van der Waals surface area contributed by atoms with E-state index in [-0.39, 0.29) is 5.75 Å². The molecular weight excluding hydrogens is 372 g/mol. The summed E-state index contributed by atoms with van der Waals surface area (Å²) in [5.74, 6) is 1.17. The number of hydrogen-bond acceptors (Lipinski definition) is 6. The van der Waals surface area contributed by atoms with Crippen LogP contribution in [0, 0.1) is 0 Å². The predicted octanol–water partition coefficient (Wildman–Crippen LogP) is 3.50. The number of piperidine rings is 1. The Bertz CT molecular complexity index is 1030. The van der Waals surface area contributed by atoms with Crippen molar-refractivity contribution in [3.8, 4) is 11.4 Å². The van der Waals surface area contributed by atoms with Crippen LogP contribution in [0.2, 0.25) is 0 Å². The molecule has 0 amide bonds. The zero-order valence-electron chi connectivity index (χ0n) is 15.5. The van der Waals surface area contributed by atoms with Crippen LogP contribution in [-0.4, -0.2) is 36.5 Å². The molecule has 28 heavy (non-hydrogen) atoms. The highest BCUT2D eigenvalue weighted by Gasteiger charge is 2.20. The molecule has 3 heterocycles. The maximum atomic E-state index is 12.9. The van der Waals surface area contributed by atoms with Gasteiger partial charge in [-0.25, -0.2) is 18.4 Å². The molecule has 0 atom stereocenters. The lowest BCUT2D eigenvalue weighted by Gasteiger charge is -2.28. The molecule has 0 radical (unpaired) electrons. The summed E-state index contributed by atoms with van der Waals surface area (Å²) in [6, 6.07) is 14.0. The van der Waals surface area contributed by atoms with Crippen LogP contribution in [0.4, 0.5) is 5.82 Å². The van der Waals surface area contributed by atoms with Crippen molar-refractivity contribution in [2.75, 3.05) is 18.0 Å². The van der Waals surface area contributed by atoms with E-state index >= 15 is 0 Å². The fourth-order valence-corrected chi connectivity index (χ4v) is 4.65. The number of benzene rings is 1. The van der Waals surface area contributed by atoms with Crippen LogP contribution in [0.15, 0.2) is 65.8 Å². The van der Waals surface area contributed by atoms with E-state index in [1.54, 1.807) is 42.7 Å². The molecule has 1 aliphatic heterocycles. The van der Waals surface area contributed by atoms with Gasteiger partial charge in [0.2, 0.25) is 0 Å². The van der Waals surface area contributed by atoms with E-state index in [4.69, 9.17) is 4.98 Å². The molecule has 7 heteroatoms. The molecule has 1 aliphatic rings. The number of aromatic nitrogens is 3. The smallest absolute Gasteiger partial charge is 0.184 e. The fraction of sp³-hybridized carbons (Fsp3) is 0.286. The normalized spacial score (nSPS) is 14.8. The molecule has 0 spiro atoms. The van der Waals surface area contributed by atoms with Crippen molar-refractivity contribution in [3.05, 3.63) is 66.6 Å². The van der Waals surface area contributed by atoms with Crippen molar-refractivity contribution >= 4 is 15.7 Å². The quantitative estimate of drug-likeness (QED) is 0.659. The Hall–Kier alpha value is -2.80. The molecule has 4 rings (SSSR count). The van der Waals surface area contributed by atoms with Gasteiger partial charge in [0.15, 0.2) is 15.7 Å². The summed E-state index contributed by atoms with van der Waals surface area (Å²) in [7, 11) is -3.48. The minimum Gasteiger partial charge on any atom is -0.356 e. The van der Waals surface area contributed by atoms with Crippen molar-refractivity contribution in [3.63, 3.8) is 0 Å². The average molecular weight is 394 g/mol. The molecule has 2 aromatic heterocycles. The first-order valence-electron chi connectivity index (χ1n) is 9.43. The average Bonchev–Trinajstić information content (AvgIpc) is 2.75. The van der Waals surface area contributed by atoms with Crippen LogP contribution in [0.25, 0.3) is 11.4 Å².